The predicted molar refractivity (Wildman–Crippen MR) is 66.6 cm³/mol. The van der Waals surface area contributed by atoms with Crippen LogP contribution in [-0.4, -0.2) is 13.2 Å². The molecule has 19 heavy (non-hydrogen) atoms. The van der Waals surface area contributed by atoms with E-state index >= 15 is 0 Å². The highest BCUT2D eigenvalue weighted by Gasteiger charge is 2.37. The molecule has 2 atom stereocenters. The molecule has 1 aromatic carbocycles. The van der Waals surface area contributed by atoms with Crippen molar-refractivity contribution in [3.05, 3.63) is 34.9 Å². The SMILES string of the molecule is COC(C1CC1)C(N)c1ccc(C(F)(F)F)cc1C. The first-order chi connectivity index (χ1) is 8.84. The Morgan fingerprint density at radius 1 is 1.32 bits per heavy atom. The quantitative estimate of drug-likeness (QED) is 0.912. The number of alkyl halides is 3. The summed E-state index contributed by atoms with van der Waals surface area (Å²) in [6.45, 7) is 1.66. The molecule has 106 valence electrons. The van der Waals surface area contributed by atoms with E-state index in [9.17, 15) is 13.2 Å². The Kier molecular flexibility index (Phi) is 3.87. The Morgan fingerprint density at radius 3 is 2.37 bits per heavy atom. The molecule has 0 spiro atoms. The highest BCUT2D eigenvalue weighted by atomic mass is 19.4. The largest absolute Gasteiger partial charge is 0.416 e. The lowest BCUT2D eigenvalue weighted by Crippen LogP contribution is -2.30. The fraction of sp³-hybridized carbons (Fsp3) is 0.571. The van der Waals surface area contributed by atoms with Gasteiger partial charge in [-0.25, -0.2) is 0 Å². The van der Waals surface area contributed by atoms with Gasteiger partial charge in [0.15, 0.2) is 0 Å². The summed E-state index contributed by atoms with van der Waals surface area (Å²) in [6, 6.07) is 3.33. The van der Waals surface area contributed by atoms with Crippen LogP contribution in [0.15, 0.2) is 18.2 Å². The second-order valence-corrected chi connectivity index (χ2v) is 5.13. The second-order valence-electron chi connectivity index (χ2n) is 5.13. The number of aryl methyl sites for hydroxylation is 1. The number of methoxy groups -OCH3 is 1. The zero-order chi connectivity index (χ0) is 14.2. The molecule has 2 rings (SSSR count). The molecule has 0 aliphatic heterocycles. The average Bonchev–Trinajstić information content (AvgIpc) is 3.13. The number of rotatable bonds is 4. The van der Waals surface area contributed by atoms with Gasteiger partial charge in [-0.05, 0) is 48.9 Å². The molecule has 0 radical (unpaired) electrons. The van der Waals surface area contributed by atoms with Gasteiger partial charge in [0, 0.05) is 7.11 Å². The van der Waals surface area contributed by atoms with Crippen molar-refractivity contribution in [3.63, 3.8) is 0 Å². The van der Waals surface area contributed by atoms with E-state index in [0.29, 0.717) is 11.5 Å². The van der Waals surface area contributed by atoms with E-state index in [4.69, 9.17) is 10.5 Å². The van der Waals surface area contributed by atoms with Crippen LogP contribution < -0.4 is 5.73 Å². The summed E-state index contributed by atoms with van der Waals surface area (Å²) >= 11 is 0. The summed E-state index contributed by atoms with van der Waals surface area (Å²) < 4.78 is 43.2. The van der Waals surface area contributed by atoms with Crippen molar-refractivity contribution in [1.82, 2.24) is 0 Å². The summed E-state index contributed by atoms with van der Waals surface area (Å²) in [4.78, 5) is 0. The predicted octanol–water partition coefficient (Wildman–Crippen LogP) is 3.44. The smallest absolute Gasteiger partial charge is 0.379 e. The molecule has 1 aliphatic carbocycles. The lowest BCUT2D eigenvalue weighted by atomic mass is 9.93. The number of hydrogen-bond donors (Lipinski definition) is 1. The van der Waals surface area contributed by atoms with Crippen LogP contribution in [0.1, 0.15) is 35.6 Å². The zero-order valence-electron chi connectivity index (χ0n) is 11.0. The van der Waals surface area contributed by atoms with Gasteiger partial charge in [-0.3, -0.25) is 0 Å². The first-order valence-corrected chi connectivity index (χ1v) is 6.30. The van der Waals surface area contributed by atoms with E-state index in [1.54, 1.807) is 14.0 Å². The molecule has 1 saturated carbocycles. The number of halogens is 3. The number of benzene rings is 1. The summed E-state index contributed by atoms with van der Waals surface area (Å²) in [6.07, 6.45) is -2.28. The number of hydrogen-bond acceptors (Lipinski definition) is 2. The van der Waals surface area contributed by atoms with Gasteiger partial charge in [0.25, 0.3) is 0 Å². The molecular weight excluding hydrogens is 255 g/mol. The number of ether oxygens (including phenoxy) is 1. The van der Waals surface area contributed by atoms with Crippen molar-refractivity contribution in [1.29, 1.82) is 0 Å². The second kappa shape index (κ2) is 5.13. The van der Waals surface area contributed by atoms with Gasteiger partial charge in [-0.1, -0.05) is 6.07 Å². The minimum absolute atomic E-state index is 0.115. The van der Waals surface area contributed by atoms with Crippen molar-refractivity contribution >= 4 is 0 Å². The van der Waals surface area contributed by atoms with Crippen LogP contribution in [0.5, 0.6) is 0 Å². The van der Waals surface area contributed by atoms with Crippen molar-refractivity contribution in [2.75, 3.05) is 7.11 Å². The molecule has 0 aromatic heterocycles. The van der Waals surface area contributed by atoms with E-state index in [2.05, 4.69) is 0 Å². The summed E-state index contributed by atoms with van der Waals surface area (Å²) in [5.41, 5.74) is 6.80. The maximum Gasteiger partial charge on any atom is 0.416 e. The highest BCUT2D eigenvalue weighted by Crippen LogP contribution is 2.40. The van der Waals surface area contributed by atoms with Crippen LogP contribution in [-0.2, 0) is 10.9 Å². The van der Waals surface area contributed by atoms with Gasteiger partial charge in [0.05, 0.1) is 17.7 Å². The molecular formula is C14H18F3NO. The van der Waals surface area contributed by atoms with Crippen molar-refractivity contribution in [3.8, 4) is 0 Å². The van der Waals surface area contributed by atoms with Gasteiger partial charge in [-0.2, -0.15) is 13.2 Å². The van der Waals surface area contributed by atoms with Gasteiger partial charge in [0.1, 0.15) is 0 Å². The number of nitrogens with two attached hydrogens (primary N) is 1. The normalized spacial score (nSPS) is 19.3. The molecule has 0 heterocycles. The van der Waals surface area contributed by atoms with Gasteiger partial charge < -0.3 is 10.5 Å². The van der Waals surface area contributed by atoms with E-state index in [0.717, 1.165) is 30.5 Å². The summed E-state index contributed by atoms with van der Waals surface area (Å²) in [5.74, 6) is 0.432. The molecule has 2 unspecified atom stereocenters. The van der Waals surface area contributed by atoms with E-state index < -0.39 is 11.7 Å². The Labute approximate surface area is 110 Å². The third kappa shape index (κ3) is 3.09. The molecule has 1 aromatic rings. The van der Waals surface area contributed by atoms with E-state index in [-0.39, 0.29) is 12.1 Å². The Morgan fingerprint density at radius 2 is 1.95 bits per heavy atom. The highest BCUT2D eigenvalue weighted by molar-refractivity contribution is 5.35. The Bertz CT molecular complexity index is 454. The van der Waals surface area contributed by atoms with Gasteiger partial charge in [-0.15, -0.1) is 0 Å². The first-order valence-electron chi connectivity index (χ1n) is 6.30. The van der Waals surface area contributed by atoms with Crippen LogP contribution in [0.3, 0.4) is 0 Å². The van der Waals surface area contributed by atoms with E-state index in [1.165, 1.54) is 6.07 Å². The average molecular weight is 273 g/mol. The minimum atomic E-state index is -4.31. The minimum Gasteiger partial charge on any atom is -0.379 e. The first kappa shape index (κ1) is 14.3. The van der Waals surface area contributed by atoms with Gasteiger partial charge >= 0.3 is 6.18 Å². The molecule has 2 N–H and O–H groups in total. The fourth-order valence-corrected chi connectivity index (χ4v) is 2.46. The molecule has 0 amide bonds. The van der Waals surface area contributed by atoms with E-state index in [1.807, 2.05) is 0 Å². The summed E-state index contributed by atoms with van der Waals surface area (Å²) in [5, 5.41) is 0. The molecule has 1 aliphatic rings. The van der Waals surface area contributed by atoms with Crippen molar-refractivity contribution in [2.24, 2.45) is 11.7 Å². The van der Waals surface area contributed by atoms with Crippen molar-refractivity contribution in [2.45, 2.75) is 38.1 Å². The third-order valence-corrected chi connectivity index (χ3v) is 3.67. The zero-order valence-corrected chi connectivity index (χ0v) is 11.0. The standard InChI is InChI=1S/C14H18F3NO/c1-8-7-10(14(15,16)17)5-6-11(8)12(18)13(19-2)9-3-4-9/h5-7,9,12-13H,3-4,18H2,1-2H3. The maximum atomic E-state index is 12.6. The topological polar surface area (TPSA) is 35.2 Å². The van der Waals surface area contributed by atoms with Crippen LogP contribution in [0, 0.1) is 12.8 Å². The van der Waals surface area contributed by atoms with Crippen LogP contribution in [0.4, 0.5) is 13.2 Å². The fourth-order valence-electron chi connectivity index (χ4n) is 2.46. The maximum absolute atomic E-state index is 12.6. The van der Waals surface area contributed by atoms with Crippen LogP contribution in [0.2, 0.25) is 0 Å². The van der Waals surface area contributed by atoms with Crippen LogP contribution in [0.25, 0.3) is 0 Å². The molecule has 1 fully saturated rings. The Balaban J connectivity index is 2.25. The summed E-state index contributed by atoms with van der Waals surface area (Å²) in [7, 11) is 1.60. The Hall–Kier alpha value is -1.07. The van der Waals surface area contributed by atoms with Crippen LogP contribution >= 0.6 is 0 Å². The molecule has 0 saturated heterocycles. The van der Waals surface area contributed by atoms with Gasteiger partial charge in [0.2, 0.25) is 0 Å². The molecule has 5 heteroatoms. The van der Waals surface area contributed by atoms with Crippen molar-refractivity contribution < 1.29 is 17.9 Å². The lowest BCUT2D eigenvalue weighted by Gasteiger charge is -2.24. The lowest BCUT2D eigenvalue weighted by molar-refractivity contribution is -0.137. The molecule has 2 nitrogen and oxygen atoms in total. The monoisotopic (exact) mass is 273 g/mol. The molecule has 0 bridgehead atoms. The third-order valence-electron chi connectivity index (χ3n) is 3.67.